The summed E-state index contributed by atoms with van der Waals surface area (Å²) in [4.78, 5) is 0. The maximum atomic E-state index is 13.2. The molecule has 16 heavy (non-hydrogen) atoms. The summed E-state index contributed by atoms with van der Waals surface area (Å²) in [7, 11) is 0. The molecule has 1 atom stereocenters. The predicted octanol–water partition coefficient (Wildman–Crippen LogP) is 2.14. The lowest BCUT2D eigenvalue weighted by atomic mass is 9.87. The first kappa shape index (κ1) is 11.8. The Kier molecular flexibility index (Phi) is 3.47. The molecule has 0 aromatic heterocycles. The summed E-state index contributed by atoms with van der Waals surface area (Å²) in [5, 5.41) is 13.6. The molecule has 4 heteroatoms. The number of hydrogen-bond acceptors (Lipinski definition) is 2. The standard InChI is InChI=1S/C12H15ClFNO/c13-11-9(3-1-4-10(11)14)7-12(16)5-2-6-15-8-12/h1,3-4,15-16H,2,5-8H2. The van der Waals surface area contributed by atoms with Crippen LogP contribution in [0.3, 0.4) is 0 Å². The lowest BCUT2D eigenvalue weighted by molar-refractivity contribution is 0.0169. The Morgan fingerprint density at radius 3 is 3.00 bits per heavy atom. The van der Waals surface area contributed by atoms with Crippen LogP contribution in [0.15, 0.2) is 18.2 Å². The van der Waals surface area contributed by atoms with Crippen molar-refractivity contribution >= 4 is 11.6 Å². The number of benzene rings is 1. The van der Waals surface area contributed by atoms with Gasteiger partial charge in [-0.1, -0.05) is 23.7 Å². The fraction of sp³-hybridized carbons (Fsp3) is 0.500. The van der Waals surface area contributed by atoms with Gasteiger partial charge in [-0.2, -0.15) is 0 Å². The molecule has 1 heterocycles. The van der Waals surface area contributed by atoms with Crippen molar-refractivity contribution in [1.29, 1.82) is 0 Å². The fourth-order valence-corrected chi connectivity index (χ4v) is 2.34. The van der Waals surface area contributed by atoms with E-state index in [2.05, 4.69) is 5.32 Å². The van der Waals surface area contributed by atoms with Crippen molar-refractivity contribution in [2.45, 2.75) is 24.9 Å². The zero-order valence-electron chi connectivity index (χ0n) is 8.97. The second kappa shape index (κ2) is 4.70. The predicted molar refractivity (Wildman–Crippen MR) is 62.2 cm³/mol. The van der Waals surface area contributed by atoms with E-state index in [4.69, 9.17) is 11.6 Å². The highest BCUT2D eigenvalue weighted by Gasteiger charge is 2.30. The molecule has 2 rings (SSSR count). The summed E-state index contributed by atoms with van der Waals surface area (Å²) in [5.41, 5.74) is -0.122. The highest BCUT2D eigenvalue weighted by Crippen LogP contribution is 2.27. The van der Waals surface area contributed by atoms with E-state index in [1.54, 1.807) is 12.1 Å². The highest BCUT2D eigenvalue weighted by molar-refractivity contribution is 6.31. The molecule has 2 N–H and O–H groups in total. The molecule has 1 aliphatic heterocycles. The van der Waals surface area contributed by atoms with E-state index < -0.39 is 11.4 Å². The largest absolute Gasteiger partial charge is 0.388 e. The van der Waals surface area contributed by atoms with Gasteiger partial charge >= 0.3 is 0 Å². The van der Waals surface area contributed by atoms with E-state index in [0.717, 1.165) is 19.4 Å². The van der Waals surface area contributed by atoms with Gasteiger partial charge in [0.05, 0.1) is 10.6 Å². The Balaban J connectivity index is 2.16. The van der Waals surface area contributed by atoms with E-state index >= 15 is 0 Å². The van der Waals surface area contributed by atoms with E-state index in [-0.39, 0.29) is 5.02 Å². The Labute approximate surface area is 99.4 Å². The molecule has 0 radical (unpaired) electrons. The van der Waals surface area contributed by atoms with Crippen molar-refractivity contribution in [2.75, 3.05) is 13.1 Å². The number of rotatable bonds is 2. The third-order valence-corrected chi connectivity index (χ3v) is 3.42. The molecule has 0 saturated carbocycles. The first-order chi connectivity index (χ1) is 7.61. The molecule has 2 nitrogen and oxygen atoms in total. The SMILES string of the molecule is OC1(Cc2cccc(F)c2Cl)CCCNC1. The van der Waals surface area contributed by atoms with Gasteiger partial charge in [-0.25, -0.2) is 4.39 Å². The maximum absolute atomic E-state index is 13.2. The average molecular weight is 244 g/mol. The van der Waals surface area contributed by atoms with Crippen LogP contribution in [-0.2, 0) is 6.42 Å². The van der Waals surface area contributed by atoms with Crippen LogP contribution in [0.4, 0.5) is 4.39 Å². The molecule has 0 amide bonds. The van der Waals surface area contributed by atoms with Crippen LogP contribution in [0.1, 0.15) is 18.4 Å². The van der Waals surface area contributed by atoms with Gasteiger partial charge in [0, 0.05) is 13.0 Å². The van der Waals surface area contributed by atoms with Gasteiger partial charge in [0.2, 0.25) is 0 Å². The van der Waals surface area contributed by atoms with Gasteiger partial charge in [0.15, 0.2) is 0 Å². The van der Waals surface area contributed by atoms with E-state index in [1.165, 1.54) is 6.07 Å². The topological polar surface area (TPSA) is 32.3 Å². The molecule has 0 aliphatic carbocycles. The number of halogens is 2. The first-order valence-corrected chi connectivity index (χ1v) is 5.84. The van der Waals surface area contributed by atoms with Crippen molar-refractivity contribution in [3.63, 3.8) is 0 Å². The molecule has 1 unspecified atom stereocenters. The number of piperidine rings is 1. The third kappa shape index (κ3) is 2.54. The minimum absolute atomic E-state index is 0.126. The molecule has 1 fully saturated rings. The lowest BCUT2D eigenvalue weighted by Crippen LogP contribution is -2.47. The Hall–Kier alpha value is -0.640. The lowest BCUT2D eigenvalue weighted by Gasteiger charge is -2.33. The quantitative estimate of drug-likeness (QED) is 0.834. The summed E-state index contributed by atoms with van der Waals surface area (Å²) in [5.74, 6) is -0.425. The van der Waals surface area contributed by atoms with Gasteiger partial charge in [-0.3, -0.25) is 0 Å². The number of nitrogens with one attached hydrogen (secondary N) is 1. The molecular weight excluding hydrogens is 229 g/mol. The third-order valence-electron chi connectivity index (χ3n) is 3.00. The van der Waals surface area contributed by atoms with Crippen LogP contribution in [0.25, 0.3) is 0 Å². The van der Waals surface area contributed by atoms with Crippen LogP contribution in [-0.4, -0.2) is 23.8 Å². The van der Waals surface area contributed by atoms with Gasteiger partial charge in [-0.15, -0.1) is 0 Å². The number of aliphatic hydroxyl groups is 1. The maximum Gasteiger partial charge on any atom is 0.142 e. The average Bonchev–Trinajstić information content (AvgIpc) is 2.26. The van der Waals surface area contributed by atoms with Crippen molar-refractivity contribution in [3.8, 4) is 0 Å². The molecule has 1 aromatic rings. The first-order valence-electron chi connectivity index (χ1n) is 5.47. The molecular formula is C12H15ClFNO. The molecule has 88 valence electrons. The van der Waals surface area contributed by atoms with Gasteiger partial charge < -0.3 is 10.4 Å². The number of β-amino-alcohol motifs (C(OH)–C–C–N with tert-alkyl or cyclic N) is 1. The van der Waals surface area contributed by atoms with Crippen molar-refractivity contribution in [2.24, 2.45) is 0 Å². The van der Waals surface area contributed by atoms with E-state index in [9.17, 15) is 9.50 Å². The van der Waals surface area contributed by atoms with Crippen molar-refractivity contribution in [3.05, 3.63) is 34.6 Å². The van der Waals surface area contributed by atoms with E-state index in [1.807, 2.05) is 0 Å². The van der Waals surface area contributed by atoms with Crippen LogP contribution in [0.5, 0.6) is 0 Å². The summed E-state index contributed by atoms with van der Waals surface area (Å²) in [6.07, 6.45) is 2.06. The molecule has 1 aromatic carbocycles. The molecule has 0 bridgehead atoms. The Morgan fingerprint density at radius 1 is 1.50 bits per heavy atom. The van der Waals surface area contributed by atoms with Crippen molar-refractivity contribution in [1.82, 2.24) is 5.32 Å². The second-order valence-electron chi connectivity index (χ2n) is 4.39. The monoisotopic (exact) mass is 243 g/mol. The zero-order chi connectivity index (χ0) is 11.6. The number of hydrogen-bond donors (Lipinski definition) is 2. The van der Waals surface area contributed by atoms with Gasteiger partial charge in [0.25, 0.3) is 0 Å². The summed E-state index contributed by atoms with van der Waals surface area (Å²) >= 11 is 5.87. The summed E-state index contributed by atoms with van der Waals surface area (Å²) in [6.45, 7) is 1.47. The highest BCUT2D eigenvalue weighted by atomic mass is 35.5. The minimum Gasteiger partial charge on any atom is -0.388 e. The van der Waals surface area contributed by atoms with Gasteiger partial charge in [0.1, 0.15) is 5.82 Å². The summed E-state index contributed by atoms with van der Waals surface area (Å²) < 4.78 is 13.2. The molecule has 1 saturated heterocycles. The normalized spacial score (nSPS) is 25.7. The fourth-order valence-electron chi connectivity index (χ4n) is 2.14. The van der Waals surface area contributed by atoms with E-state index in [0.29, 0.717) is 18.5 Å². The van der Waals surface area contributed by atoms with Crippen LogP contribution < -0.4 is 5.32 Å². The zero-order valence-corrected chi connectivity index (χ0v) is 9.73. The van der Waals surface area contributed by atoms with Gasteiger partial charge in [-0.05, 0) is 31.0 Å². The molecule has 1 aliphatic rings. The second-order valence-corrected chi connectivity index (χ2v) is 4.77. The minimum atomic E-state index is -0.796. The Morgan fingerprint density at radius 2 is 2.31 bits per heavy atom. The molecule has 0 spiro atoms. The summed E-state index contributed by atoms with van der Waals surface area (Å²) in [6, 6.07) is 4.71. The van der Waals surface area contributed by atoms with Crippen LogP contribution >= 0.6 is 11.6 Å². The van der Waals surface area contributed by atoms with Crippen LogP contribution in [0, 0.1) is 5.82 Å². The Bertz CT molecular complexity index is 377. The van der Waals surface area contributed by atoms with Crippen LogP contribution in [0.2, 0.25) is 5.02 Å². The smallest absolute Gasteiger partial charge is 0.142 e. The van der Waals surface area contributed by atoms with Crippen molar-refractivity contribution < 1.29 is 9.50 Å².